The molecule has 0 unspecified atom stereocenters. The Hall–Kier alpha value is -1.94. The van der Waals surface area contributed by atoms with E-state index < -0.39 is 17.6 Å². The minimum absolute atomic E-state index is 0.0723. The summed E-state index contributed by atoms with van der Waals surface area (Å²) < 4.78 is 26.1. The Morgan fingerprint density at radius 2 is 1.61 bits per heavy atom. The molecule has 0 fully saturated rings. The molecule has 2 aromatic carbocycles. The van der Waals surface area contributed by atoms with Crippen molar-refractivity contribution in [1.29, 1.82) is 0 Å². The third-order valence-corrected chi connectivity index (χ3v) is 2.72. The first-order chi connectivity index (χ1) is 8.47. The maximum atomic E-state index is 13.1. The van der Waals surface area contributed by atoms with Crippen LogP contribution in [0.4, 0.5) is 8.78 Å². The highest BCUT2D eigenvalue weighted by atomic mass is 35.5. The number of benzene rings is 2. The van der Waals surface area contributed by atoms with Crippen molar-refractivity contribution in [2.75, 3.05) is 0 Å². The minimum Gasteiger partial charge on any atom is -0.478 e. The Balaban J connectivity index is 2.57. The molecule has 92 valence electrons. The number of hydrogen-bond acceptors (Lipinski definition) is 1. The van der Waals surface area contributed by atoms with E-state index >= 15 is 0 Å². The summed E-state index contributed by atoms with van der Waals surface area (Å²) in [4.78, 5) is 10.9. The van der Waals surface area contributed by atoms with Crippen molar-refractivity contribution in [3.8, 4) is 11.1 Å². The van der Waals surface area contributed by atoms with Crippen LogP contribution in [0, 0.1) is 11.6 Å². The van der Waals surface area contributed by atoms with Gasteiger partial charge in [-0.1, -0.05) is 17.7 Å². The van der Waals surface area contributed by atoms with Gasteiger partial charge in [-0.15, -0.1) is 0 Å². The summed E-state index contributed by atoms with van der Waals surface area (Å²) in [5.74, 6) is -2.65. The average Bonchev–Trinajstić information content (AvgIpc) is 2.27. The molecule has 2 nitrogen and oxygen atoms in total. The fourth-order valence-corrected chi connectivity index (χ4v) is 1.79. The van der Waals surface area contributed by atoms with E-state index in [2.05, 4.69) is 0 Å². The lowest BCUT2D eigenvalue weighted by Crippen LogP contribution is -1.97. The Kier molecular flexibility index (Phi) is 3.30. The Morgan fingerprint density at radius 3 is 2.17 bits per heavy atom. The molecule has 1 N–H and O–H groups in total. The van der Waals surface area contributed by atoms with Crippen molar-refractivity contribution in [2.45, 2.75) is 0 Å². The monoisotopic (exact) mass is 268 g/mol. The van der Waals surface area contributed by atoms with Gasteiger partial charge in [0.25, 0.3) is 0 Å². The first kappa shape index (κ1) is 12.5. The number of hydrogen-bond donors (Lipinski definition) is 1. The van der Waals surface area contributed by atoms with Crippen LogP contribution in [0.2, 0.25) is 5.02 Å². The lowest BCUT2D eigenvalue weighted by atomic mass is 10.0. The van der Waals surface area contributed by atoms with Gasteiger partial charge in [0, 0.05) is 6.07 Å². The van der Waals surface area contributed by atoms with Crippen LogP contribution < -0.4 is 0 Å². The number of rotatable bonds is 2. The molecule has 0 aliphatic rings. The number of carboxylic acids is 1. The van der Waals surface area contributed by atoms with Gasteiger partial charge < -0.3 is 5.11 Å². The molecule has 0 heterocycles. The topological polar surface area (TPSA) is 37.3 Å². The summed E-state index contributed by atoms with van der Waals surface area (Å²) in [6, 6.07) is 7.15. The van der Waals surface area contributed by atoms with E-state index in [9.17, 15) is 13.6 Å². The number of carbonyl (C=O) groups is 1. The van der Waals surface area contributed by atoms with Gasteiger partial charge in [-0.2, -0.15) is 0 Å². The van der Waals surface area contributed by atoms with E-state index in [4.69, 9.17) is 16.7 Å². The van der Waals surface area contributed by atoms with Crippen molar-refractivity contribution < 1.29 is 18.7 Å². The molecule has 0 aromatic heterocycles. The predicted octanol–water partition coefficient (Wildman–Crippen LogP) is 3.98. The van der Waals surface area contributed by atoms with Crippen LogP contribution >= 0.6 is 11.6 Å². The van der Waals surface area contributed by atoms with Gasteiger partial charge in [-0.05, 0) is 35.4 Å². The Labute approximate surface area is 106 Å². The summed E-state index contributed by atoms with van der Waals surface area (Å²) in [7, 11) is 0. The molecule has 0 aliphatic heterocycles. The molecule has 0 radical (unpaired) electrons. The second-order valence-electron chi connectivity index (χ2n) is 3.66. The highest BCUT2D eigenvalue weighted by molar-refractivity contribution is 6.33. The van der Waals surface area contributed by atoms with Crippen LogP contribution in [0.1, 0.15) is 10.4 Å². The van der Waals surface area contributed by atoms with Gasteiger partial charge in [0.2, 0.25) is 0 Å². The molecule has 0 bridgehead atoms. The van der Waals surface area contributed by atoms with Crippen LogP contribution in [-0.2, 0) is 0 Å². The average molecular weight is 269 g/mol. The van der Waals surface area contributed by atoms with Crippen molar-refractivity contribution in [2.24, 2.45) is 0 Å². The van der Waals surface area contributed by atoms with Crippen molar-refractivity contribution >= 4 is 17.6 Å². The smallest absolute Gasteiger partial charge is 0.337 e. The zero-order valence-electron chi connectivity index (χ0n) is 8.95. The van der Waals surface area contributed by atoms with E-state index in [-0.39, 0.29) is 16.1 Å². The second-order valence-corrected chi connectivity index (χ2v) is 4.07. The van der Waals surface area contributed by atoms with E-state index in [1.807, 2.05) is 0 Å². The number of halogens is 3. The zero-order chi connectivity index (χ0) is 13.3. The molecule has 2 rings (SSSR count). The normalized spacial score (nSPS) is 10.4. The SMILES string of the molecule is O=C(O)c1cc(-c2cc(F)cc(F)c2)ccc1Cl. The molecule has 0 saturated carbocycles. The molecule has 0 saturated heterocycles. The van der Waals surface area contributed by atoms with Crippen molar-refractivity contribution in [1.82, 2.24) is 0 Å². The predicted molar refractivity (Wildman–Crippen MR) is 63.8 cm³/mol. The van der Waals surface area contributed by atoms with E-state index in [0.717, 1.165) is 18.2 Å². The van der Waals surface area contributed by atoms with Gasteiger partial charge in [0.1, 0.15) is 11.6 Å². The van der Waals surface area contributed by atoms with Crippen LogP contribution in [-0.4, -0.2) is 11.1 Å². The fraction of sp³-hybridized carbons (Fsp3) is 0. The summed E-state index contributed by atoms with van der Waals surface area (Å²) in [5, 5.41) is 8.99. The maximum Gasteiger partial charge on any atom is 0.337 e. The first-order valence-corrected chi connectivity index (χ1v) is 5.34. The third-order valence-electron chi connectivity index (χ3n) is 2.39. The molecule has 0 aliphatic carbocycles. The highest BCUT2D eigenvalue weighted by Gasteiger charge is 2.11. The standard InChI is InChI=1S/C13H7ClF2O2/c14-12-2-1-7(5-11(12)13(17)18)8-3-9(15)6-10(16)4-8/h1-6H,(H,17,18). The van der Waals surface area contributed by atoms with E-state index in [1.165, 1.54) is 18.2 Å². The lowest BCUT2D eigenvalue weighted by molar-refractivity contribution is 0.0697. The maximum absolute atomic E-state index is 13.1. The number of aromatic carboxylic acids is 1. The quantitative estimate of drug-likeness (QED) is 0.894. The highest BCUT2D eigenvalue weighted by Crippen LogP contribution is 2.26. The largest absolute Gasteiger partial charge is 0.478 e. The van der Waals surface area contributed by atoms with Crippen LogP contribution in [0.3, 0.4) is 0 Å². The van der Waals surface area contributed by atoms with Crippen LogP contribution in [0.15, 0.2) is 36.4 Å². The molecule has 0 atom stereocenters. The molecule has 2 aromatic rings. The summed E-state index contributed by atoms with van der Waals surface area (Å²) in [6.45, 7) is 0. The van der Waals surface area contributed by atoms with Gasteiger partial charge in [-0.3, -0.25) is 0 Å². The Bertz CT molecular complexity index is 606. The van der Waals surface area contributed by atoms with Crippen molar-refractivity contribution in [3.63, 3.8) is 0 Å². The summed E-state index contributed by atoms with van der Waals surface area (Å²) in [6.07, 6.45) is 0. The second kappa shape index (κ2) is 4.74. The van der Waals surface area contributed by atoms with Gasteiger partial charge >= 0.3 is 5.97 Å². The molecule has 0 amide bonds. The first-order valence-electron chi connectivity index (χ1n) is 4.96. The van der Waals surface area contributed by atoms with E-state index in [0.29, 0.717) is 5.56 Å². The molecular formula is C13H7ClF2O2. The van der Waals surface area contributed by atoms with E-state index in [1.54, 1.807) is 0 Å². The molecule has 5 heteroatoms. The van der Waals surface area contributed by atoms with Crippen LogP contribution in [0.25, 0.3) is 11.1 Å². The molecule has 0 spiro atoms. The number of carboxylic acid groups (broad SMARTS) is 1. The van der Waals surface area contributed by atoms with Crippen LogP contribution in [0.5, 0.6) is 0 Å². The molecule has 18 heavy (non-hydrogen) atoms. The lowest BCUT2D eigenvalue weighted by Gasteiger charge is -2.05. The van der Waals surface area contributed by atoms with Gasteiger partial charge in [0.15, 0.2) is 0 Å². The van der Waals surface area contributed by atoms with Crippen molar-refractivity contribution in [3.05, 3.63) is 58.6 Å². The Morgan fingerprint density at radius 1 is 1.00 bits per heavy atom. The fourth-order valence-electron chi connectivity index (χ4n) is 1.59. The van der Waals surface area contributed by atoms with Gasteiger partial charge in [0.05, 0.1) is 10.6 Å². The summed E-state index contributed by atoms with van der Waals surface area (Å²) in [5.41, 5.74) is 0.528. The minimum atomic E-state index is -1.20. The van der Waals surface area contributed by atoms with Gasteiger partial charge in [-0.25, -0.2) is 13.6 Å². The summed E-state index contributed by atoms with van der Waals surface area (Å²) >= 11 is 5.71. The molecular weight excluding hydrogens is 262 g/mol. The zero-order valence-corrected chi connectivity index (χ0v) is 9.71. The third kappa shape index (κ3) is 2.49.